The van der Waals surface area contributed by atoms with Crippen molar-refractivity contribution in [1.29, 1.82) is 0 Å². The Morgan fingerprint density at radius 2 is 2.17 bits per heavy atom. The average Bonchev–Trinajstić information content (AvgIpc) is 3.31. The van der Waals surface area contributed by atoms with Crippen molar-refractivity contribution in [2.75, 3.05) is 0 Å². The number of pyridine rings is 1. The van der Waals surface area contributed by atoms with Crippen molar-refractivity contribution in [3.8, 4) is 11.5 Å². The first kappa shape index (κ1) is 18.9. The van der Waals surface area contributed by atoms with Gasteiger partial charge in [-0.05, 0) is 43.9 Å². The zero-order valence-corrected chi connectivity index (χ0v) is 16.5. The molecule has 0 bridgehead atoms. The lowest BCUT2D eigenvalue weighted by Gasteiger charge is -2.16. The van der Waals surface area contributed by atoms with Crippen molar-refractivity contribution in [2.24, 2.45) is 5.92 Å². The van der Waals surface area contributed by atoms with Gasteiger partial charge >= 0.3 is 17.7 Å². The Bertz CT molecular complexity index is 1060. The van der Waals surface area contributed by atoms with E-state index in [-0.39, 0.29) is 23.3 Å². The van der Waals surface area contributed by atoms with Crippen LogP contribution in [0.15, 0.2) is 70.9 Å². The lowest BCUT2D eigenvalue weighted by molar-refractivity contribution is -0.581. The molecule has 0 radical (unpaired) electrons. The molecular formula is C22H22N3O4+. The third-order valence-electron chi connectivity index (χ3n) is 4.57. The van der Waals surface area contributed by atoms with Crippen molar-refractivity contribution < 1.29 is 23.3 Å². The fraction of sp³-hybridized carbons (Fsp3) is 0.273. The summed E-state index contributed by atoms with van der Waals surface area (Å²) < 4.78 is 12.4. The summed E-state index contributed by atoms with van der Waals surface area (Å²) in [4.78, 5) is 30.4. The molecule has 0 aromatic carbocycles. The van der Waals surface area contributed by atoms with Crippen molar-refractivity contribution in [3.63, 3.8) is 0 Å². The zero-order chi connectivity index (χ0) is 20.6. The van der Waals surface area contributed by atoms with Gasteiger partial charge in [0.15, 0.2) is 6.26 Å². The second-order valence-corrected chi connectivity index (χ2v) is 7.86. The SMILES string of the molecule is CC(C)(C)OC(=O)[n+]1c(C(=O)C2=CNC3=CCC=CC32)coc1-c1cccnc1. The molecule has 2 aliphatic rings. The molecule has 0 spiro atoms. The van der Waals surface area contributed by atoms with E-state index in [0.717, 1.165) is 12.1 Å². The summed E-state index contributed by atoms with van der Waals surface area (Å²) in [5.74, 6) is -0.264. The Hall–Kier alpha value is -3.48. The summed E-state index contributed by atoms with van der Waals surface area (Å²) in [6.07, 6.45) is 12.3. The van der Waals surface area contributed by atoms with Crippen molar-refractivity contribution in [3.05, 3.63) is 72.2 Å². The minimum absolute atomic E-state index is 0.103. The fourth-order valence-corrected chi connectivity index (χ4v) is 3.32. The fourth-order valence-electron chi connectivity index (χ4n) is 3.32. The highest BCUT2D eigenvalue weighted by Crippen LogP contribution is 2.31. The van der Waals surface area contributed by atoms with E-state index in [1.807, 2.05) is 18.2 Å². The van der Waals surface area contributed by atoms with Gasteiger partial charge in [0.2, 0.25) is 0 Å². The maximum atomic E-state index is 13.4. The highest BCUT2D eigenvalue weighted by Gasteiger charge is 2.42. The predicted molar refractivity (Wildman–Crippen MR) is 105 cm³/mol. The first-order chi connectivity index (χ1) is 13.8. The van der Waals surface area contributed by atoms with Crippen LogP contribution in [0.4, 0.5) is 4.79 Å². The van der Waals surface area contributed by atoms with Gasteiger partial charge in [-0.2, -0.15) is 4.79 Å². The van der Waals surface area contributed by atoms with E-state index in [1.165, 1.54) is 10.8 Å². The summed E-state index contributed by atoms with van der Waals surface area (Å²) in [6, 6.07) is 3.48. The predicted octanol–water partition coefficient (Wildman–Crippen LogP) is 3.54. The number of hydrogen-bond acceptors (Lipinski definition) is 6. The molecule has 29 heavy (non-hydrogen) atoms. The number of hydrogen-bond donors (Lipinski definition) is 1. The largest absolute Gasteiger partial charge is 0.606 e. The summed E-state index contributed by atoms with van der Waals surface area (Å²) in [7, 11) is 0. The maximum Gasteiger partial charge on any atom is 0.606 e. The number of nitrogens with one attached hydrogen (secondary N) is 1. The lowest BCUT2D eigenvalue weighted by atomic mass is 9.91. The van der Waals surface area contributed by atoms with Crippen LogP contribution in [0.25, 0.3) is 11.5 Å². The number of nitrogens with zero attached hydrogens (tertiary/aromatic N) is 2. The third kappa shape index (κ3) is 3.63. The number of ether oxygens (including phenoxy) is 1. The quantitative estimate of drug-likeness (QED) is 0.489. The molecule has 3 heterocycles. The monoisotopic (exact) mass is 392 g/mol. The van der Waals surface area contributed by atoms with Crippen LogP contribution in [0.5, 0.6) is 0 Å². The van der Waals surface area contributed by atoms with Crippen LogP contribution in [0.3, 0.4) is 0 Å². The Morgan fingerprint density at radius 1 is 1.34 bits per heavy atom. The van der Waals surface area contributed by atoms with E-state index in [1.54, 1.807) is 51.5 Å². The molecule has 1 N–H and O–H groups in total. The van der Waals surface area contributed by atoms with Crippen LogP contribution in [-0.4, -0.2) is 22.5 Å². The highest BCUT2D eigenvalue weighted by atomic mass is 16.6. The third-order valence-corrected chi connectivity index (χ3v) is 4.57. The number of Topliss-reactive ketones (excluding diaryl/α,β-unsaturated/α-hetero) is 1. The normalized spacial score (nSPS) is 17.8. The number of allylic oxidation sites excluding steroid dienone is 3. The van der Waals surface area contributed by atoms with Gasteiger partial charge in [-0.1, -0.05) is 18.2 Å². The molecule has 7 nitrogen and oxygen atoms in total. The molecule has 1 aliphatic heterocycles. The number of carbonyl (C=O) groups is 2. The molecule has 2 aromatic rings. The minimum atomic E-state index is -0.732. The molecule has 148 valence electrons. The summed E-state index contributed by atoms with van der Waals surface area (Å²) in [5.41, 5.74) is 1.45. The first-order valence-electron chi connectivity index (χ1n) is 9.40. The number of oxazole rings is 1. The van der Waals surface area contributed by atoms with E-state index < -0.39 is 11.7 Å². The molecule has 0 saturated carbocycles. The van der Waals surface area contributed by atoms with Crippen LogP contribution in [-0.2, 0) is 4.74 Å². The van der Waals surface area contributed by atoms with Crippen molar-refractivity contribution in [1.82, 2.24) is 10.3 Å². The summed E-state index contributed by atoms with van der Waals surface area (Å²) in [5, 5.41) is 3.15. The van der Waals surface area contributed by atoms with E-state index >= 15 is 0 Å². The van der Waals surface area contributed by atoms with Gasteiger partial charge in [-0.3, -0.25) is 9.78 Å². The van der Waals surface area contributed by atoms with Crippen LogP contribution < -0.4 is 9.88 Å². The number of carbonyl (C=O) groups excluding carboxylic acids is 2. The number of aromatic nitrogens is 2. The van der Waals surface area contributed by atoms with E-state index in [0.29, 0.717) is 11.1 Å². The second kappa shape index (κ2) is 7.16. The molecule has 4 rings (SSSR count). The molecule has 7 heteroatoms. The van der Waals surface area contributed by atoms with Gasteiger partial charge in [0.1, 0.15) is 11.2 Å². The van der Waals surface area contributed by atoms with Crippen LogP contribution in [0, 0.1) is 5.92 Å². The van der Waals surface area contributed by atoms with Gasteiger partial charge in [-0.15, -0.1) is 0 Å². The Balaban J connectivity index is 1.77. The van der Waals surface area contributed by atoms with Gasteiger partial charge in [0.25, 0.3) is 5.78 Å². The molecule has 2 aromatic heterocycles. The van der Waals surface area contributed by atoms with Gasteiger partial charge in [0.05, 0.1) is 0 Å². The van der Waals surface area contributed by atoms with Crippen molar-refractivity contribution >= 4 is 11.9 Å². The zero-order valence-electron chi connectivity index (χ0n) is 16.5. The number of fused-ring (bicyclic) bond motifs is 1. The standard InChI is InChI=1S/C22H21N3O4/c1-22(2,3)29-21(27)25-18(13-28-20(25)14-7-6-10-23-11-14)19(26)16-12-24-17-9-5-4-8-15(16)17/h4,6-13,15H,5H2,1-3H3/p+1. The van der Waals surface area contributed by atoms with E-state index in [4.69, 9.17) is 9.15 Å². The van der Waals surface area contributed by atoms with Crippen LogP contribution in [0.1, 0.15) is 37.7 Å². The smallest absolute Gasteiger partial charge is 0.406 e. The lowest BCUT2D eigenvalue weighted by Crippen LogP contribution is -2.50. The Morgan fingerprint density at radius 3 is 2.90 bits per heavy atom. The molecule has 1 unspecified atom stereocenters. The maximum absolute atomic E-state index is 13.4. The Labute approximate surface area is 168 Å². The second-order valence-electron chi connectivity index (χ2n) is 7.86. The molecule has 0 fully saturated rings. The van der Waals surface area contributed by atoms with Gasteiger partial charge in [0, 0.05) is 35.8 Å². The molecular weight excluding hydrogens is 370 g/mol. The molecule has 1 atom stereocenters. The van der Waals surface area contributed by atoms with Crippen molar-refractivity contribution in [2.45, 2.75) is 32.8 Å². The molecule has 1 aliphatic carbocycles. The number of rotatable bonds is 3. The van der Waals surface area contributed by atoms with E-state index in [2.05, 4.69) is 10.3 Å². The topological polar surface area (TPSA) is 85.3 Å². The molecule has 0 saturated heterocycles. The molecule has 0 amide bonds. The summed E-state index contributed by atoms with van der Waals surface area (Å²) in [6.45, 7) is 5.30. The highest BCUT2D eigenvalue weighted by molar-refractivity contribution is 6.08. The Kier molecular flexibility index (Phi) is 4.66. The summed E-state index contributed by atoms with van der Waals surface area (Å²) >= 11 is 0. The van der Waals surface area contributed by atoms with Gasteiger partial charge < -0.3 is 14.5 Å². The van der Waals surface area contributed by atoms with Crippen LogP contribution >= 0.6 is 0 Å². The number of ketones is 1. The van der Waals surface area contributed by atoms with Gasteiger partial charge in [-0.25, -0.2) is 0 Å². The minimum Gasteiger partial charge on any atom is -0.406 e. The average molecular weight is 392 g/mol. The first-order valence-corrected chi connectivity index (χ1v) is 9.40. The van der Waals surface area contributed by atoms with Crippen LogP contribution in [0.2, 0.25) is 0 Å². The van der Waals surface area contributed by atoms with E-state index in [9.17, 15) is 9.59 Å².